The zero-order valence-electron chi connectivity index (χ0n) is 16.3. The largest absolute Gasteiger partial charge is 0.493 e. The van der Waals surface area contributed by atoms with Crippen molar-refractivity contribution in [2.75, 3.05) is 26.3 Å². The van der Waals surface area contributed by atoms with Crippen LogP contribution in [0.3, 0.4) is 0 Å². The van der Waals surface area contributed by atoms with Crippen molar-refractivity contribution in [3.63, 3.8) is 0 Å². The SMILES string of the molecule is CCOc1ccccc1C(=O)N1CCC2(CC1)OCC[C@@](C)(O)[C@@H]2O.O=CO. The van der Waals surface area contributed by atoms with Gasteiger partial charge in [-0.25, -0.2) is 0 Å². The molecule has 1 aromatic carbocycles. The van der Waals surface area contributed by atoms with Gasteiger partial charge in [0.25, 0.3) is 12.4 Å². The van der Waals surface area contributed by atoms with E-state index in [9.17, 15) is 15.0 Å². The minimum Gasteiger partial charge on any atom is -0.493 e. The van der Waals surface area contributed by atoms with Crippen LogP contribution in [0.4, 0.5) is 0 Å². The molecule has 0 aromatic heterocycles. The maximum absolute atomic E-state index is 12.9. The standard InChI is InChI=1S/C19H27NO5.CH2O2/c1-3-24-15-7-5-4-6-14(15)16(21)20-11-8-19(9-12-20)17(22)18(2,23)10-13-25-19;2-1-3/h4-7,17,22-23H,3,8-13H2,1-2H3;1H,(H,2,3)/t17-,18+;/m0./s1. The Hall–Kier alpha value is -2.16. The Morgan fingerprint density at radius 2 is 1.93 bits per heavy atom. The molecule has 0 bridgehead atoms. The Kier molecular flexibility index (Phi) is 7.40. The fraction of sp³-hybridized carbons (Fsp3) is 0.600. The summed E-state index contributed by atoms with van der Waals surface area (Å²) in [4.78, 5) is 23.0. The number of hydrogen-bond acceptors (Lipinski definition) is 6. The number of amides is 1. The fourth-order valence-electron chi connectivity index (χ4n) is 3.84. The summed E-state index contributed by atoms with van der Waals surface area (Å²) in [5, 5.41) is 27.8. The topological polar surface area (TPSA) is 117 Å². The lowest BCUT2D eigenvalue weighted by Crippen LogP contribution is -2.64. The Bertz CT molecular complexity index is 668. The van der Waals surface area contributed by atoms with E-state index in [1.54, 1.807) is 24.0 Å². The van der Waals surface area contributed by atoms with Crippen molar-refractivity contribution in [2.24, 2.45) is 0 Å². The number of para-hydroxylation sites is 1. The lowest BCUT2D eigenvalue weighted by atomic mass is 9.75. The molecule has 2 atom stereocenters. The average Bonchev–Trinajstić information content (AvgIpc) is 2.68. The van der Waals surface area contributed by atoms with E-state index in [1.165, 1.54) is 0 Å². The molecule has 3 rings (SSSR count). The number of rotatable bonds is 3. The number of likely N-dealkylation sites (tertiary alicyclic amines) is 1. The van der Waals surface area contributed by atoms with E-state index < -0.39 is 17.3 Å². The highest BCUT2D eigenvalue weighted by Crippen LogP contribution is 2.40. The first-order chi connectivity index (χ1) is 13.3. The second-order valence-electron chi connectivity index (χ2n) is 7.25. The smallest absolute Gasteiger partial charge is 0.290 e. The van der Waals surface area contributed by atoms with Crippen LogP contribution in [0, 0.1) is 0 Å². The summed E-state index contributed by atoms with van der Waals surface area (Å²) < 4.78 is 11.4. The molecule has 1 amide bonds. The summed E-state index contributed by atoms with van der Waals surface area (Å²) in [5.41, 5.74) is -1.36. The van der Waals surface area contributed by atoms with Crippen molar-refractivity contribution < 1.29 is 34.4 Å². The molecule has 2 heterocycles. The van der Waals surface area contributed by atoms with Crippen molar-refractivity contribution in [3.05, 3.63) is 29.8 Å². The number of nitrogens with zero attached hydrogens (tertiary/aromatic N) is 1. The molecule has 2 aliphatic heterocycles. The Morgan fingerprint density at radius 1 is 1.32 bits per heavy atom. The predicted molar refractivity (Wildman–Crippen MR) is 101 cm³/mol. The number of carbonyl (C=O) groups excluding carboxylic acids is 1. The average molecular weight is 395 g/mol. The van der Waals surface area contributed by atoms with Crippen molar-refractivity contribution in [1.29, 1.82) is 0 Å². The van der Waals surface area contributed by atoms with Gasteiger partial charge in [0.1, 0.15) is 17.5 Å². The van der Waals surface area contributed by atoms with Gasteiger partial charge in [0, 0.05) is 19.5 Å². The Labute approximate surface area is 164 Å². The number of benzene rings is 1. The first kappa shape index (κ1) is 22.1. The molecule has 1 aromatic rings. The normalized spacial score (nSPS) is 26.1. The number of aliphatic hydroxyl groups is 2. The van der Waals surface area contributed by atoms with Gasteiger partial charge >= 0.3 is 0 Å². The van der Waals surface area contributed by atoms with Crippen molar-refractivity contribution in [3.8, 4) is 5.75 Å². The van der Waals surface area contributed by atoms with Crippen LogP contribution in [0.15, 0.2) is 24.3 Å². The van der Waals surface area contributed by atoms with Crippen LogP contribution < -0.4 is 4.74 Å². The van der Waals surface area contributed by atoms with Gasteiger partial charge in [-0.05, 0) is 38.8 Å². The Balaban J connectivity index is 0.000000878. The predicted octanol–water partition coefficient (Wildman–Crippen LogP) is 1.29. The maximum Gasteiger partial charge on any atom is 0.290 e. The number of piperidine rings is 1. The summed E-state index contributed by atoms with van der Waals surface area (Å²) in [6.07, 6.45) is 0.488. The van der Waals surface area contributed by atoms with Crippen molar-refractivity contribution in [1.82, 2.24) is 4.90 Å². The summed E-state index contributed by atoms with van der Waals surface area (Å²) in [5.74, 6) is 0.517. The van der Waals surface area contributed by atoms with Crippen molar-refractivity contribution in [2.45, 2.75) is 50.4 Å². The molecule has 156 valence electrons. The van der Waals surface area contributed by atoms with E-state index in [-0.39, 0.29) is 12.4 Å². The van der Waals surface area contributed by atoms with Crippen LogP contribution in [0.5, 0.6) is 5.75 Å². The highest BCUT2D eigenvalue weighted by Gasteiger charge is 2.53. The molecule has 0 unspecified atom stereocenters. The van der Waals surface area contributed by atoms with E-state index in [1.807, 2.05) is 19.1 Å². The summed E-state index contributed by atoms with van der Waals surface area (Å²) >= 11 is 0. The van der Waals surface area contributed by atoms with Gasteiger partial charge in [0.05, 0.1) is 24.4 Å². The Morgan fingerprint density at radius 3 is 2.54 bits per heavy atom. The van der Waals surface area contributed by atoms with Gasteiger partial charge in [-0.1, -0.05) is 12.1 Å². The number of hydrogen-bond donors (Lipinski definition) is 3. The number of ether oxygens (including phenoxy) is 2. The molecule has 3 N–H and O–H groups in total. The van der Waals surface area contributed by atoms with Gasteiger partial charge in [-0.3, -0.25) is 9.59 Å². The second kappa shape index (κ2) is 9.36. The minimum absolute atomic E-state index is 0.0732. The van der Waals surface area contributed by atoms with Gasteiger partial charge in [-0.2, -0.15) is 0 Å². The third-order valence-corrected chi connectivity index (χ3v) is 5.40. The molecule has 2 saturated heterocycles. The molecular weight excluding hydrogens is 366 g/mol. The second-order valence-corrected chi connectivity index (χ2v) is 7.25. The lowest BCUT2D eigenvalue weighted by Gasteiger charge is -2.51. The molecule has 1 spiro atoms. The fourth-order valence-corrected chi connectivity index (χ4v) is 3.84. The molecule has 0 radical (unpaired) electrons. The van der Waals surface area contributed by atoms with Crippen LogP contribution in [0.25, 0.3) is 0 Å². The molecule has 0 aliphatic carbocycles. The highest BCUT2D eigenvalue weighted by atomic mass is 16.5. The number of carboxylic acid groups (broad SMARTS) is 1. The summed E-state index contributed by atoms with van der Waals surface area (Å²) in [6, 6.07) is 7.25. The van der Waals surface area contributed by atoms with E-state index in [0.717, 1.165) is 0 Å². The molecule has 0 saturated carbocycles. The number of aliphatic hydroxyl groups excluding tert-OH is 1. The van der Waals surface area contributed by atoms with Gasteiger partial charge in [0.15, 0.2) is 0 Å². The van der Waals surface area contributed by atoms with Crippen molar-refractivity contribution >= 4 is 12.4 Å². The summed E-state index contributed by atoms with van der Waals surface area (Å²) in [6.45, 7) is 5.17. The van der Waals surface area contributed by atoms with Crippen LogP contribution in [-0.4, -0.2) is 76.2 Å². The number of carbonyl (C=O) groups is 2. The highest BCUT2D eigenvalue weighted by molar-refractivity contribution is 5.97. The first-order valence-corrected chi connectivity index (χ1v) is 9.44. The zero-order chi connectivity index (χ0) is 20.8. The zero-order valence-corrected chi connectivity index (χ0v) is 16.3. The minimum atomic E-state index is -1.15. The lowest BCUT2D eigenvalue weighted by molar-refractivity contribution is -0.244. The molecule has 8 nitrogen and oxygen atoms in total. The molecular formula is C20H29NO7. The maximum atomic E-state index is 12.9. The quantitative estimate of drug-likeness (QED) is 0.660. The van der Waals surface area contributed by atoms with Gasteiger partial charge < -0.3 is 29.7 Å². The molecule has 8 heteroatoms. The third kappa shape index (κ3) is 4.63. The van der Waals surface area contributed by atoms with Gasteiger partial charge in [-0.15, -0.1) is 0 Å². The monoisotopic (exact) mass is 395 g/mol. The van der Waals surface area contributed by atoms with E-state index in [4.69, 9.17) is 19.4 Å². The van der Waals surface area contributed by atoms with Crippen LogP contribution in [-0.2, 0) is 9.53 Å². The summed E-state index contributed by atoms with van der Waals surface area (Å²) in [7, 11) is 0. The molecule has 2 aliphatic rings. The first-order valence-electron chi connectivity index (χ1n) is 9.44. The van der Waals surface area contributed by atoms with E-state index >= 15 is 0 Å². The molecule has 28 heavy (non-hydrogen) atoms. The van der Waals surface area contributed by atoms with Crippen LogP contribution >= 0.6 is 0 Å². The van der Waals surface area contributed by atoms with E-state index in [2.05, 4.69) is 0 Å². The third-order valence-electron chi connectivity index (χ3n) is 5.40. The molecule has 2 fully saturated rings. The van der Waals surface area contributed by atoms with Gasteiger partial charge in [0.2, 0.25) is 0 Å². The van der Waals surface area contributed by atoms with Crippen LogP contribution in [0.1, 0.15) is 43.5 Å². The van der Waals surface area contributed by atoms with Crippen LogP contribution in [0.2, 0.25) is 0 Å². The van der Waals surface area contributed by atoms with E-state index in [0.29, 0.717) is 56.9 Å².